The largest absolute Gasteiger partial charge is 0.466 e. The van der Waals surface area contributed by atoms with Gasteiger partial charge in [0.1, 0.15) is 0 Å². The van der Waals surface area contributed by atoms with Crippen molar-refractivity contribution in [2.45, 2.75) is 30.1 Å². The molecule has 0 heterocycles. The normalized spacial score (nSPS) is 30.4. The first-order valence-corrected chi connectivity index (χ1v) is 5.22. The van der Waals surface area contributed by atoms with Gasteiger partial charge in [-0.05, 0) is 12.8 Å². The SMILES string of the molecule is CC(=O)OCC1CCCC1I. The van der Waals surface area contributed by atoms with Gasteiger partial charge in [-0.15, -0.1) is 0 Å². The van der Waals surface area contributed by atoms with E-state index >= 15 is 0 Å². The summed E-state index contributed by atoms with van der Waals surface area (Å²) < 4.78 is 5.67. The smallest absolute Gasteiger partial charge is 0.302 e. The molecule has 0 bridgehead atoms. The summed E-state index contributed by atoms with van der Waals surface area (Å²) in [5.74, 6) is 0.458. The summed E-state index contributed by atoms with van der Waals surface area (Å²) in [4.78, 5) is 10.5. The molecule has 1 rings (SSSR count). The minimum absolute atomic E-state index is 0.152. The first-order valence-electron chi connectivity index (χ1n) is 3.97. The van der Waals surface area contributed by atoms with E-state index < -0.39 is 0 Å². The molecule has 11 heavy (non-hydrogen) atoms. The van der Waals surface area contributed by atoms with Crippen LogP contribution in [0.2, 0.25) is 0 Å². The Morgan fingerprint density at radius 2 is 2.36 bits per heavy atom. The molecule has 1 aliphatic rings. The highest BCUT2D eigenvalue weighted by molar-refractivity contribution is 14.1. The van der Waals surface area contributed by atoms with E-state index in [2.05, 4.69) is 22.6 Å². The molecule has 0 aromatic carbocycles. The molecular weight excluding hydrogens is 255 g/mol. The number of hydrogen-bond donors (Lipinski definition) is 0. The molecule has 64 valence electrons. The Hall–Kier alpha value is 0.200. The Morgan fingerprint density at radius 3 is 2.82 bits per heavy atom. The van der Waals surface area contributed by atoms with E-state index in [9.17, 15) is 4.79 Å². The first-order chi connectivity index (χ1) is 5.20. The second kappa shape index (κ2) is 4.28. The van der Waals surface area contributed by atoms with Gasteiger partial charge in [0.25, 0.3) is 0 Å². The number of rotatable bonds is 2. The van der Waals surface area contributed by atoms with E-state index in [1.165, 1.54) is 26.2 Å². The number of carbonyl (C=O) groups excluding carboxylic acids is 1. The summed E-state index contributed by atoms with van der Waals surface area (Å²) in [5.41, 5.74) is 0. The minimum Gasteiger partial charge on any atom is -0.466 e. The third-order valence-electron chi connectivity index (χ3n) is 2.07. The van der Waals surface area contributed by atoms with Crippen molar-refractivity contribution < 1.29 is 9.53 Å². The standard InChI is InChI=1S/C8H13IO2/c1-6(10)11-5-7-3-2-4-8(7)9/h7-8H,2-5H2,1H3. The van der Waals surface area contributed by atoms with Gasteiger partial charge in [-0.3, -0.25) is 4.79 Å². The Morgan fingerprint density at radius 1 is 1.64 bits per heavy atom. The third-order valence-corrected chi connectivity index (χ3v) is 3.71. The summed E-state index contributed by atoms with van der Waals surface area (Å²) in [6.45, 7) is 2.10. The van der Waals surface area contributed by atoms with Crippen molar-refractivity contribution in [2.24, 2.45) is 5.92 Å². The van der Waals surface area contributed by atoms with E-state index in [1.54, 1.807) is 0 Å². The summed E-state index contributed by atoms with van der Waals surface area (Å²) >= 11 is 2.45. The maximum atomic E-state index is 10.5. The highest BCUT2D eigenvalue weighted by Crippen LogP contribution is 2.31. The molecule has 0 spiro atoms. The van der Waals surface area contributed by atoms with Gasteiger partial charge in [-0.1, -0.05) is 29.0 Å². The predicted molar refractivity (Wildman–Crippen MR) is 51.8 cm³/mol. The molecule has 0 saturated heterocycles. The lowest BCUT2D eigenvalue weighted by molar-refractivity contribution is -0.142. The van der Waals surface area contributed by atoms with Crippen LogP contribution in [0.1, 0.15) is 26.2 Å². The second-order valence-corrected chi connectivity index (χ2v) is 4.61. The highest BCUT2D eigenvalue weighted by Gasteiger charge is 2.25. The van der Waals surface area contributed by atoms with E-state index in [1.807, 2.05) is 0 Å². The van der Waals surface area contributed by atoms with Crippen LogP contribution in [0.15, 0.2) is 0 Å². The number of halogens is 1. The van der Waals surface area contributed by atoms with E-state index in [0.29, 0.717) is 16.4 Å². The lowest BCUT2D eigenvalue weighted by Crippen LogP contribution is -2.15. The van der Waals surface area contributed by atoms with E-state index in [4.69, 9.17) is 4.74 Å². The molecule has 2 nitrogen and oxygen atoms in total. The van der Waals surface area contributed by atoms with Gasteiger partial charge in [0.15, 0.2) is 0 Å². The van der Waals surface area contributed by atoms with Crippen LogP contribution in [-0.4, -0.2) is 16.5 Å². The van der Waals surface area contributed by atoms with Crippen molar-refractivity contribution in [3.63, 3.8) is 0 Å². The Bertz CT molecular complexity index is 147. The molecule has 1 saturated carbocycles. The van der Waals surface area contributed by atoms with Crippen molar-refractivity contribution in [3.05, 3.63) is 0 Å². The van der Waals surface area contributed by atoms with Crippen molar-refractivity contribution in [3.8, 4) is 0 Å². The number of esters is 1. The minimum atomic E-state index is -0.152. The number of carbonyl (C=O) groups is 1. The molecule has 0 aliphatic heterocycles. The van der Waals surface area contributed by atoms with Gasteiger partial charge in [0, 0.05) is 16.8 Å². The van der Waals surface area contributed by atoms with Gasteiger partial charge in [-0.25, -0.2) is 0 Å². The predicted octanol–water partition coefficient (Wildman–Crippen LogP) is 2.15. The van der Waals surface area contributed by atoms with Crippen LogP contribution in [0.25, 0.3) is 0 Å². The van der Waals surface area contributed by atoms with E-state index in [0.717, 1.165) is 0 Å². The number of ether oxygens (including phenoxy) is 1. The molecule has 3 heteroatoms. The average Bonchev–Trinajstić information content (AvgIpc) is 2.31. The summed E-state index contributed by atoms with van der Waals surface area (Å²) in [5, 5.41) is 0. The van der Waals surface area contributed by atoms with Crippen LogP contribution in [0.4, 0.5) is 0 Å². The monoisotopic (exact) mass is 268 g/mol. The molecule has 1 fully saturated rings. The maximum Gasteiger partial charge on any atom is 0.302 e. The molecule has 1 aliphatic carbocycles. The zero-order valence-electron chi connectivity index (χ0n) is 6.68. The van der Waals surface area contributed by atoms with Gasteiger partial charge >= 0.3 is 5.97 Å². The molecule has 0 aromatic rings. The van der Waals surface area contributed by atoms with Crippen LogP contribution in [0.5, 0.6) is 0 Å². The summed E-state index contributed by atoms with van der Waals surface area (Å²) in [7, 11) is 0. The fourth-order valence-electron chi connectivity index (χ4n) is 1.40. The molecule has 0 radical (unpaired) electrons. The van der Waals surface area contributed by atoms with Gasteiger partial charge in [0.2, 0.25) is 0 Å². The Kier molecular flexibility index (Phi) is 3.62. The van der Waals surface area contributed by atoms with Crippen LogP contribution in [0, 0.1) is 5.92 Å². The molecule has 0 amide bonds. The first kappa shape index (κ1) is 9.29. The van der Waals surface area contributed by atoms with Crippen LogP contribution < -0.4 is 0 Å². The second-order valence-electron chi connectivity index (χ2n) is 3.01. The Labute approximate surface area is 80.8 Å². The lowest BCUT2D eigenvalue weighted by Gasteiger charge is -2.12. The zero-order valence-corrected chi connectivity index (χ0v) is 8.84. The summed E-state index contributed by atoms with van der Waals surface area (Å²) in [6, 6.07) is 0. The fraction of sp³-hybridized carbons (Fsp3) is 0.875. The van der Waals surface area contributed by atoms with Crippen molar-refractivity contribution in [1.29, 1.82) is 0 Å². The van der Waals surface area contributed by atoms with Crippen LogP contribution >= 0.6 is 22.6 Å². The fourth-order valence-corrected chi connectivity index (χ4v) is 2.41. The Balaban J connectivity index is 2.20. The molecule has 0 N–H and O–H groups in total. The molecular formula is C8H13IO2. The van der Waals surface area contributed by atoms with Crippen LogP contribution in [-0.2, 0) is 9.53 Å². The van der Waals surface area contributed by atoms with Gasteiger partial charge < -0.3 is 4.74 Å². The topological polar surface area (TPSA) is 26.3 Å². The quantitative estimate of drug-likeness (QED) is 0.436. The molecule has 2 unspecified atom stereocenters. The molecule has 2 atom stereocenters. The van der Waals surface area contributed by atoms with Gasteiger partial charge in [-0.2, -0.15) is 0 Å². The maximum absolute atomic E-state index is 10.5. The zero-order chi connectivity index (χ0) is 8.27. The van der Waals surface area contributed by atoms with Gasteiger partial charge in [0.05, 0.1) is 6.61 Å². The molecule has 0 aromatic heterocycles. The number of hydrogen-bond acceptors (Lipinski definition) is 2. The average molecular weight is 268 g/mol. The van der Waals surface area contributed by atoms with E-state index in [-0.39, 0.29) is 5.97 Å². The van der Waals surface area contributed by atoms with Crippen molar-refractivity contribution >= 4 is 28.6 Å². The third kappa shape index (κ3) is 2.97. The van der Waals surface area contributed by atoms with Crippen molar-refractivity contribution in [2.75, 3.05) is 6.61 Å². The summed E-state index contributed by atoms with van der Waals surface area (Å²) in [6.07, 6.45) is 3.80. The number of alkyl halides is 1. The van der Waals surface area contributed by atoms with Crippen molar-refractivity contribution in [1.82, 2.24) is 0 Å². The lowest BCUT2D eigenvalue weighted by atomic mass is 10.1. The van der Waals surface area contributed by atoms with Crippen LogP contribution in [0.3, 0.4) is 0 Å². The highest BCUT2D eigenvalue weighted by atomic mass is 127.